The first-order valence-corrected chi connectivity index (χ1v) is 7.23. The van der Waals surface area contributed by atoms with Crippen LogP contribution in [0.1, 0.15) is 27.4 Å². The number of carbonyl (C=O) groups is 1. The maximum absolute atomic E-state index is 14.4. The number of carboxylic acids is 1. The largest absolute Gasteiger partial charge is 0.478 e. The number of benzene rings is 1. The molecule has 3 rings (SSSR count). The second-order valence-corrected chi connectivity index (χ2v) is 5.41. The van der Waals surface area contributed by atoms with Crippen LogP contribution in [0.25, 0.3) is 11.0 Å². The van der Waals surface area contributed by atoms with Gasteiger partial charge in [0.25, 0.3) is 0 Å². The van der Waals surface area contributed by atoms with Gasteiger partial charge in [-0.3, -0.25) is 0 Å². The van der Waals surface area contributed by atoms with Crippen molar-refractivity contribution < 1.29 is 41.0 Å². The molecular weight excluding hydrogens is 379 g/mol. The van der Waals surface area contributed by atoms with Gasteiger partial charge in [0.05, 0.1) is 11.8 Å². The molecule has 0 fully saturated rings. The molecule has 0 saturated carbocycles. The van der Waals surface area contributed by atoms with E-state index in [4.69, 9.17) is 4.42 Å². The lowest BCUT2D eigenvalue weighted by molar-refractivity contribution is -0.196. The van der Waals surface area contributed by atoms with Gasteiger partial charge in [0.1, 0.15) is 22.7 Å². The number of furan rings is 1. The van der Waals surface area contributed by atoms with Gasteiger partial charge in [0, 0.05) is 5.39 Å². The summed E-state index contributed by atoms with van der Waals surface area (Å²) in [6.07, 6.45) is -8.90. The van der Waals surface area contributed by atoms with Crippen LogP contribution in [-0.4, -0.2) is 21.3 Å². The quantitative estimate of drug-likeness (QED) is 0.668. The predicted molar refractivity (Wildman–Crippen MR) is 79.5 cm³/mol. The summed E-state index contributed by atoms with van der Waals surface area (Å²) in [5, 5.41) is 14.9. The molecular formula is C16H9F5N2O4. The third kappa shape index (κ3) is 3.39. The normalized spacial score (nSPS) is 12.4. The standard InChI is InChI=1S/C16H9F5N2O4/c1-7-12(14(24)25)9-6-8(2-3-11(9)26-7)27-16(20,21)10-4-5-22-23-13(10)15(17,18)19/h2-6H,1H3,(H,24,25). The second-order valence-electron chi connectivity index (χ2n) is 5.41. The first-order valence-electron chi connectivity index (χ1n) is 7.23. The highest BCUT2D eigenvalue weighted by molar-refractivity contribution is 6.03. The van der Waals surface area contributed by atoms with Gasteiger partial charge in [-0.1, -0.05) is 0 Å². The number of nitrogens with zero attached hydrogens (tertiary/aromatic N) is 2. The van der Waals surface area contributed by atoms with Crippen molar-refractivity contribution in [2.24, 2.45) is 0 Å². The molecule has 1 N–H and O–H groups in total. The van der Waals surface area contributed by atoms with Crippen molar-refractivity contribution in [3.63, 3.8) is 0 Å². The molecule has 6 nitrogen and oxygen atoms in total. The first-order chi connectivity index (χ1) is 12.5. The average molecular weight is 388 g/mol. The van der Waals surface area contributed by atoms with Crippen molar-refractivity contribution in [1.82, 2.24) is 10.2 Å². The van der Waals surface area contributed by atoms with Gasteiger partial charge >= 0.3 is 18.3 Å². The number of fused-ring (bicyclic) bond motifs is 1. The van der Waals surface area contributed by atoms with Crippen LogP contribution in [0.5, 0.6) is 5.75 Å². The molecule has 11 heteroatoms. The fourth-order valence-electron chi connectivity index (χ4n) is 2.51. The van der Waals surface area contributed by atoms with Crippen molar-refractivity contribution in [3.05, 3.63) is 53.0 Å². The van der Waals surface area contributed by atoms with Crippen LogP contribution in [0.4, 0.5) is 22.0 Å². The number of aryl methyl sites for hydroxylation is 1. The Labute approximate surface area is 147 Å². The summed E-state index contributed by atoms with van der Waals surface area (Å²) in [4.78, 5) is 11.3. The first kappa shape index (κ1) is 18.5. The summed E-state index contributed by atoms with van der Waals surface area (Å²) in [7, 11) is 0. The number of aromatic carboxylic acids is 1. The van der Waals surface area contributed by atoms with Crippen molar-refractivity contribution in [2.45, 2.75) is 19.2 Å². The third-order valence-electron chi connectivity index (χ3n) is 3.60. The topological polar surface area (TPSA) is 85.5 Å². The number of carboxylic acid groups (broad SMARTS) is 1. The van der Waals surface area contributed by atoms with Gasteiger partial charge in [-0.05, 0) is 31.2 Å². The molecule has 0 radical (unpaired) electrons. The fourth-order valence-corrected chi connectivity index (χ4v) is 2.51. The number of rotatable bonds is 4. The zero-order chi connectivity index (χ0) is 20.0. The molecule has 3 aromatic rings. The highest BCUT2D eigenvalue weighted by Gasteiger charge is 2.46. The van der Waals surface area contributed by atoms with Gasteiger partial charge in [-0.15, -0.1) is 5.10 Å². The van der Waals surface area contributed by atoms with Crippen LogP contribution in [0, 0.1) is 6.92 Å². The van der Waals surface area contributed by atoms with E-state index in [9.17, 15) is 31.9 Å². The van der Waals surface area contributed by atoms with Crippen LogP contribution < -0.4 is 4.74 Å². The van der Waals surface area contributed by atoms with E-state index in [0.717, 1.165) is 12.1 Å². The monoisotopic (exact) mass is 388 g/mol. The summed E-state index contributed by atoms with van der Waals surface area (Å²) < 4.78 is 77.1. The molecule has 0 aliphatic rings. The smallest absolute Gasteiger partial charge is 0.435 e. The Bertz CT molecular complexity index is 1030. The van der Waals surface area contributed by atoms with Gasteiger partial charge in [0.2, 0.25) is 0 Å². The summed E-state index contributed by atoms with van der Waals surface area (Å²) in [5.41, 5.74) is -3.57. The van der Waals surface area contributed by atoms with Crippen molar-refractivity contribution in [3.8, 4) is 5.75 Å². The fraction of sp³-hybridized carbons (Fsp3) is 0.188. The number of alkyl halides is 5. The summed E-state index contributed by atoms with van der Waals surface area (Å²) in [6.45, 7) is 1.37. The Morgan fingerprint density at radius 1 is 1.19 bits per heavy atom. The number of hydrogen-bond acceptors (Lipinski definition) is 5. The SMILES string of the molecule is Cc1oc2ccc(OC(F)(F)c3ccnnc3C(F)(F)F)cc2c1C(=O)O. The Morgan fingerprint density at radius 2 is 1.89 bits per heavy atom. The minimum Gasteiger partial charge on any atom is -0.478 e. The number of halogens is 5. The van der Waals surface area contributed by atoms with Crippen LogP contribution in [-0.2, 0) is 12.3 Å². The highest BCUT2D eigenvalue weighted by Crippen LogP contribution is 2.40. The molecule has 0 aliphatic carbocycles. The lowest BCUT2D eigenvalue weighted by Crippen LogP contribution is -2.27. The van der Waals surface area contributed by atoms with Crippen LogP contribution in [0.3, 0.4) is 0 Å². The zero-order valence-corrected chi connectivity index (χ0v) is 13.3. The molecule has 0 atom stereocenters. The Kier molecular flexibility index (Phi) is 4.25. The lowest BCUT2D eigenvalue weighted by atomic mass is 10.1. The average Bonchev–Trinajstić information content (AvgIpc) is 2.89. The molecule has 0 saturated heterocycles. The van der Waals surface area contributed by atoms with E-state index in [-0.39, 0.29) is 22.3 Å². The summed E-state index contributed by atoms with van der Waals surface area (Å²) in [6, 6.07) is 3.59. The van der Waals surface area contributed by atoms with E-state index >= 15 is 0 Å². The molecule has 1 aromatic carbocycles. The molecule has 27 heavy (non-hydrogen) atoms. The summed E-state index contributed by atoms with van der Waals surface area (Å²) in [5.74, 6) is -1.87. The van der Waals surface area contributed by atoms with Crippen molar-refractivity contribution >= 4 is 16.9 Å². The minimum absolute atomic E-state index is 0.0304. The van der Waals surface area contributed by atoms with Crippen molar-refractivity contribution in [1.29, 1.82) is 0 Å². The van der Waals surface area contributed by atoms with Gasteiger partial charge in [-0.25, -0.2) is 4.79 Å². The third-order valence-corrected chi connectivity index (χ3v) is 3.60. The number of hydrogen-bond donors (Lipinski definition) is 1. The highest BCUT2D eigenvalue weighted by atomic mass is 19.4. The maximum atomic E-state index is 14.4. The van der Waals surface area contributed by atoms with Crippen LogP contribution in [0.15, 0.2) is 34.9 Å². The molecule has 0 spiro atoms. The van der Waals surface area contributed by atoms with E-state index in [2.05, 4.69) is 14.9 Å². The predicted octanol–water partition coefficient (Wildman–Crippen LogP) is 4.38. The van der Waals surface area contributed by atoms with E-state index in [0.29, 0.717) is 12.3 Å². The minimum atomic E-state index is -5.17. The molecule has 2 heterocycles. The Balaban J connectivity index is 2.04. The van der Waals surface area contributed by atoms with Crippen LogP contribution in [0.2, 0.25) is 0 Å². The van der Waals surface area contributed by atoms with Gasteiger partial charge < -0.3 is 14.3 Å². The van der Waals surface area contributed by atoms with Gasteiger partial charge in [-0.2, -0.15) is 27.1 Å². The zero-order valence-electron chi connectivity index (χ0n) is 13.3. The Hall–Kier alpha value is -3.24. The van der Waals surface area contributed by atoms with E-state index in [1.807, 2.05) is 0 Å². The number of aromatic nitrogens is 2. The second kappa shape index (κ2) is 6.18. The molecule has 0 aliphatic heterocycles. The van der Waals surface area contributed by atoms with E-state index in [1.165, 1.54) is 13.0 Å². The van der Waals surface area contributed by atoms with E-state index < -0.39 is 35.3 Å². The van der Waals surface area contributed by atoms with E-state index in [1.54, 1.807) is 0 Å². The number of ether oxygens (including phenoxy) is 1. The molecule has 2 aromatic heterocycles. The van der Waals surface area contributed by atoms with Crippen molar-refractivity contribution in [2.75, 3.05) is 0 Å². The molecule has 0 bridgehead atoms. The molecule has 0 unspecified atom stereocenters. The lowest BCUT2D eigenvalue weighted by Gasteiger charge is -2.20. The van der Waals surface area contributed by atoms with Crippen LogP contribution >= 0.6 is 0 Å². The molecule has 142 valence electrons. The summed E-state index contributed by atoms with van der Waals surface area (Å²) >= 11 is 0. The van der Waals surface area contributed by atoms with Gasteiger partial charge in [0.15, 0.2) is 5.69 Å². The Morgan fingerprint density at radius 3 is 2.52 bits per heavy atom. The maximum Gasteiger partial charge on any atom is 0.435 e. The molecule has 0 amide bonds.